The number of carbonyl (C=O) groups is 2. The first-order valence-electron chi connectivity index (χ1n) is 10.2. The maximum atomic E-state index is 12.6. The summed E-state index contributed by atoms with van der Waals surface area (Å²) in [5.74, 6) is 0.242. The third-order valence-electron chi connectivity index (χ3n) is 4.42. The predicted molar refractivity (Wildman–Crippen MR) is 122 cm³/mol. The summed E-state index contributed by atoms with van der Waals surface area (Å²) < 4.78 is 11.4. The topological polar surface area (TPSA) is 76.7 Å². The molecule has 0 unspecified atom stereocenters. The number of methoxy groups -OCH3 is 1. The SMILES string of the molecule is CCCCCCOc1ccc(C(=O)Nc2cccc(C(=O)NCCOC)c2)cc1Br. The highest BCUT2D eigenvalue weighted by atomic mass is 79.9. The molecule has 0 aliphatic heterocycles. The van der Waals surface area contributed by atoms with Crippen LogP contribution in [0.2, 0.25) is 0 Å². The van der Waals surface area contributed by atoms with Crippen molar-refractivity contribution in [2.75, 3.05) is 32.2 Å². The number of hydrogen-bond donors (Lipinski definition) is 2. The van der Waals surface area contributed by atoms with Gasteiger partial charge in [0.2, 0.25) is 0 Å². The molecule has 0 bridgehead atoms. The van der Waals surface area contributed by atoms with Gasteiger partial charge in [-0.3, -0.25) is 9.59 Å². The highest BCUT2D eigenvalue weighted by Gasteiger charge is 2.11. The van der Waals surface area contributed by atoms with E-state index < -0.39 is 0 Å². The molecule has 0 aromatic heterocycles. The van der Waals surface area contributed by atoms with E-state index in [2.05, 4.69) is 33.5 Å². The van der Waals surface area contributed by atoms with E-state index >= 15 is 0 Å². The van der Waals surface area contributed by atoms with Gasteiger partial charge in [-0.1, -0.05) is 32.3 Å². The number of anilines is 1. The second-order valence-corrected chi connectivity index (χ2v) is 7.69. The third kappa shape index (κ3) is 7.80. The van der Waals surface area contributed by atoms with Gasteiger partial charge in [-0.15, -0.1) is 0 Å². The van der Waals surface area contributed by atoms with E-state index in [-0.39, 0.29) is 11.8 Å². The fourth-order valence-electron chi connectivity index (χ4n) is 2.78. The van der Waals surface area contributed by atoms with Crippen LogP contribution in [0.5, 0.6) is 5.75 Å². The van der Waals surface area contributed by atoms with Gasteiger partial charge in [0.05, 0.1) is 17.7 Å². The maximum Gasteiger partial charge on any atom is 0.255 e. The van der Waals surface area contributed by atoms with Crippen molar-refractivity contribution in [1.29, 1.82) is 0 Å². The van der Waals surface area contributed by atoms with Crippen LogP contribution in [0.3, 0.4) is 0 Å². The molecule has 2 rings (SSSR count). The standard InChI is InChI=1S/C23H29BrN2O4/c1-3-4-5-6-13-30-21-11-10-18(16-20(21)24)23(28)26-19-9-7-8-17(15-19)22(27)25-12-14-29-2/h7-11,15-16H,3-6,12-14H2,1-2H3,(H,25,27)(H,26,28). The molecule has 0 heterocycles. The molecule has 2 aromatic carbocycles. The summed E-state index contributed by atoms with van der Waals surface area (Å²) in [5, 5.41) is 5.59. The van der Waals surface area contributed by atoms with Crippen LogP contribution in [0.25, 0.3) is 0 Å². The number of ether oxygens (including phenoxy) is 2. The van der Waals surface area contributed by atoms with E-state index in [1.54, 1.807) is 49.6 Å². The van der Waals surface area contributed by atoms with Crippen molar-refractivity contribution in [3.8, 4) is 5.75 Å². The Kier molecular flexibility index (Phi) is 10.4. The zero-order valence-electron chi connectivity index (χ0n) is 17.5. The lowest BCUT2D eigenvalue weighted by atomic mass is 10.1. The molecule has 0 aliphatic carbocycles. The molecule has 162 valence electrons. The number of benzene rings is 2. The Labute approximate surface area is 186 Å². The normalized spacial score (nSPS) is 10.5. The monoisotopic (exact) mass is 476 g/mol. The summed E-state index contributed by atoms with van der Waals surface area (Å²) in [7, 11) is 1.58. The quantitative estimate of drug-likeness (QED) is 0.420. The van der Waals surface area contributed by atoms with Crippen LogP contribution in [-0.2, 0) is 4.74 Å². The summed E-state index contributed by atoms with van der Waals surface area (Å²) >= 11 is 3.48. The Balaban J connectivity index is 1.95. The van der Waals surface area contributed by atoms with Crippen molar-refractivity contribution in [3.63, 3.8) is 0 Å². The summed E-state index contributed by atoms with van der Waals surface area (Å²) in [4.78, 5) is 24.8. The molecule has 30 heavy (non-hydrogen) atoms. The molecule has 0 atom stereocenters. The minimum atomic E-state index is -0.262. The van der Waals surface area contributed by atoms with Crippen LogP contribution in [0.4, 0.5) is 5.69 Å². The number of nitrogens with one attached hydrogen (secondary N) is 2. The van der Waals surface area contributed by atoms with Crippen molar-refractivity contribution >= 4 is 33.4 Å². The van der Waals surface area contributed by atoms with Gasteiger partial charge in [0.15, 0.2) is 0 Å². The molecule has 2 amide bonds. The van der Waals surface area contributed by atoms with Crippen LogP contribution in [0.15, 0.2) is 46.9 Å². The van der Waals surface area contributed by atoms with Gasteiger partial charge in [-0.05, 0) is 58.7 Å². The number of unbranched alkanes of at least 4 members (excludes halogenated alkanes) is 3. The molecular formula is C23H29BrN2O4. The molecule has 6 nitrogen and oxygen atoms in total. The van der Waals surface area contributed by atoms with Crippen molar-refractivity contribution in [2.45, 2.75) is 32.6 Å². The Morgan fingerprint density at radius 1 is 0.967 bits per heavy atom. The molecule has 0 spiro atoms. The van der Waals surface area contributed by atoms with Crippen molar-refractivity contribution in [2.24, 2.45) is 0 Å². The van der Waals surface area contributed by atoms with Gasteiger partial charge in [0.1, 0.15) is 5.75 Å². The predicted octanol–water partition coefficient (Wildman–Crippen LogP) is 5.04. The van der Waals surface area contributed by atoms with Crippen LogP contribution < -0.4 is 15.4 Å². The summed E-state index contributed by atoms with van der Waals surface area (Å²) in [6.07, 6.45) is 4.56. The summed E-state index contributed by atoms with van der Waals surface area (Å²) in [6, 6.07) is 12.1. The molecule has 0 fully saturated rings. The first-order chi connectivity index (χ1) is 14.5. The van der Waals surface area contributed by atoms with E-state index in [0.29, 0.717) is 36.6 Å². The largest absolute Gasteiger partial charge is 0.492 e. The molecule has 0 radical (unpaired) electrons. The number of amides is 2. The Morgan fingerprint density at radius 2 is 1.77 bits per heavy atom. The molecule has 7 heteroatoms. The fourth-order valence-corrected chi connectivity index (χ4v) is 3.27. The Hall–Kier alpha value is -2.38. The van der Waals surface area contributed by atoms with Gasteiger partial charge in [0.25, 0.3) is 11.8 Å². The van der Waals surface area contributed by atoms with Crippen LogP contribution in [-0.4, -0.2) is 38.7 Å². The molecule has 2 N–H and O–H groups in total. The zero-order chi connectivity index (χ0) is 21.8. The number of hydrogen-bond acceptors (Lipinski definition) is 4. The minimum Gasteiger partial charge on any atom is -0.492 e. The van der Waals surface area contributed by atoms with Crippen molar-refractivity contribution in [1.82, 2.24) is 5.32 Å². The van der Waals surface area contributed by atoms with Crippen LogP contribution >= 0.6 is 15.9 Å². The van der Waals surface area contributed by atoms with Gasteiger partial charge in [0, 0.05) is 30.5 Å². The Morgan fingerprint density at radius 3 is 2.50 bits per heavy atom. The second-order valence-electron chi connectivity index (χ2n) is 6.84. The molecule has 2 aromatic rings. The van der Waals surface area contributed by atoms with E-state index in [1.807, 2.05) is 0 Å². The Bertz CT molecular complexity index is 842. The van der Waals surface area contributed by atoms with Gasteiger partial charge in [-0.2, -0.15) is 0 Å². The average molecular weight is 477 g/mol. The lowest BCUT2D eigenvalue weighted by molar-refractivity contribution is 0.0936. The molecular weight excluding hydrogens is 448 g/mol. The lowest BCUT2D eigenvalue weighted by Gasteiger charge is -2.11. The first kappa shape index (κ1) is 23.9. The summed E-state index contributed by atoms with van der Waals surface area (Å²) in [6.45, 7) is 3.70. The molecule has 0 saturated heterocycles. The van der Waals surface area contributed by atoms with Crippen molar-refractivity contribution in [3.05, 3.63) is 58.1 Å². The van der Waals surface area contributed by atoms with E-state index in [9.17, 15) is 9.59 Å². The lowest BCUT2D eigenvalue weighted by Crippen LogP contribution is -2.27. The van der Waals surface area contributed by atoms with E-state index in [0.717, 1.165) is 23.1 Å². The fraction of sp³-hybridized carbons (Fsp3) is 0.391. The smallest absolute Gasteiger partial charge is 0.255 e. The number of carbonyl (C=O) groups excluding carboxylic acids is 2. The van der Waals surface area contributed by atoms with Gasteiger partial charge < -0.3 is 20.1 Å². The molecule has 0 aliphatic rings. The molecule has 0 saturated carbocycles. The second kappa shape index (κ2) is 13.0. The number of rotatable bonds is 12. The zero-order valence-corrected chi connectivity index (χ0v) is 19.1. The highest BCUT2D eigenvalue weighted by Crippen LogP contribution is 2.27. The average Bonchev–Trinajstić information content (AvgIpc) is 2.74. The first-order valence-corrected chi connectivity index (χ1v) is 11.0. The van der Waals surface area contributed by atoms with E-state index in [1.165, 1.54) is 12.8 Å². The summed E-state index contributed by atoms with van der Waals surface area (Å²) in [5.41, 5.74) is 1.51. The third-order valence-corrected chi connectivity index (χ3v) is 5.04. The minimum absolute atomic E-state index is 0.216. The van der Waals surface area contributed by atoms with Crippen molar-refractivity contribution < 1.29 is 19.1 Å². The maximum absolute atomic E-state index is 12.6. The highest BCUT2D eigenvalue weighted by molar-refractivity contribution is 9.10. The van der Waals surface area contributed by atoms with Gasteiger partial charge >= 0.3 is 0 Å². The van der Waals surface area contributed by atoms with Crippen LogP contribution in [0.1, 0.15) is 53.3 Å². The van der Waals surface area contributed by atoms with Gasteiger partial charge in [-0.25, -0.2) is 0 Å². The van der Waals surface area contributed by atoms with Crippen LogP contribution in [0, 0.1) is 0 Å². The van der Waals surface area contributed by atoms with E-state index in [4.69, 9.17) is 9.47 Å². The number of halogens is 1.